The van der Waals surface area contributed by atoms with Crippen molar-refractivity contribution in [3.05, 3.63) is 66.2 Å². The molecule has 1 aromatic carbocycles. The lowest BCUT2D eigenvalue weighted by molar-refractivity contribution is -0.122. The third kappa shape index (κ3) is 5.10. The first kappa shape index (κ1) is 18.9. The van der Waals surface area contributed by atoms with Crippen LogP contribution in [0, 0.1) is 0 Å². The summed E-state index contributed by atoms with van der Waals surface area (Å²) in [7, 11) is 0. The fourth-order valence-electron chi connectivity index (χ4n) is 3.55. The second-order valence-corrected chi connectivity index (χ2v) is 7.33. The second kappa shape index (κ2) is 8.72. The number of benzene rings is 1. The lowest BCUT2D eigenvalue weighted by Crippen LogP contribution is -2.35. The molecule has 3 aromatic rings. The SMILES string of the molecule is O=C(Cn1cc(NC(=O)c2ccc(Cn3cccn3)cc2)cn1)NC1CCCC1. The van der Waals surface area contributed by atoms with Crippen LogP contribution in [0.4, 0.5) is 5.69 Å². The van der Waals surface area contributed by atoms with Gasteiger partial charge >= 0.3 is 0 Å². The van der Waals surface area contributed by atoms with E-state index in [4.69, 9.17) is 0 Å². The summed E-state index contributed by atoms with van der Waals surface area (Å²) in [4.78, 5) is 24.6. The smallest absolute Gasteiger partial charge is 0.255 e. The number of hydrogen-bond acceptors (Lipinski definition) is 4. The van der Waals surface area contributed by atoms with Gasteiger partial charge in [0.15, 0.2) is 0 Å². The van der Waals surface area contributed by atoms with E-state index in [1.54, 1.807) is 30.7 Å². The number of anilines is 1. The van der Waals surface area contributed by atoms with Crippen molar-refractivity contribution < 1.29 is 9.59 Å². The van der Waals surface area contributed by atoms with Gasteiger partial charge in [0.2, 0.25) is 5.91 Å². The molecule has 0 bridgehead atoms. The fourth-order valence-corrected chi connectivity index (χ4v) is 3.55. The van der Waals surface area contributed by atoms with Crippen LogP contribution in [0.2, 0.25) is 0 Å². The zero-order valence-electron chi connectivity index (χ0n) is 16.1. The maximum absolute atomic E-state index is 12.5. The van der Waals surface area contributed by atoms with Crippen molar-refractivity contribution in [2.24, 2.45) is 0 Å². The molecule has 2 aromatic heterocycles. The van der Waals surface area contributed by atoms with E-state index in [-0.39, 0.29) is 24.4 Å². The number of nitrogens with zero attached hydrogens (tertiary/aromatic N) is 4. The van der Waals surface area contributed by atoms with Crippen molar-refractivity contribution >= 4 is 17.5 Å². The Bertz CT molecular complexity index is 955. The minimum Gasteiger partial charge on any atom is -0.352 e. The van der Waals surface area contributed by atoms with Gasteiger partial charge in [-0.3, -0.25) is 19.0 Å². The quantitative estimate of drug-likeness (QED) is 0.646. The van der Waals surface area contributed by atoms with E-state index in [1.807, 2.05) is 29.1 Å². The summed E-state index contributed by atoms with van der Waals surface area (Å²) in [5, 5.41) is 14.2. The summed E-state index contributed by atoms with van der Waals surface area (Å²) in [6.45, 7) is 0.805. The molecule has 0 aliphatic heterocycles. The molecule has 2 heterocycles. The first-order valence-corrected chi connectivity index (χ1v) is 9.85. The number of nitrogens with one attached hydrogen (secondary N) is 2. The molecular weight excluding hydrogens is 368 g/mol. The van der Waals surface area contributed by atoms with Crippen LogP contribution in [0.15, 0.2) is 55.1 Å². The van der Waals surface area contributed by atoms with Gasteiger partial charge in [-0.2, -0.15) is 10.2 Å². The molecule has 0 radical (unpaired) electrons. The van der Waals surface area contributed by atoms with Gasteiger partial charge < -0.3 is 10.6 Å². The van der Waals surface area contributed by atoms with E-state index in [0.29, 0.717) is 17.8 Å². The van der Waals surface area contributed by atoms with Crippen LogP contribution >= 0.6 is 0 Å². The normalized spacial score (nSPS) is 14.1. The van der Waals surface area contributed by atoms with Gasteiger partial charge in [0.25, 0.3) is 5.91 Å². The van der Waals surface area contributed by atoms with Crippen molar-refractivity contribution in [3.63, 3.8) is 0 Å². The van der Waals surface area contributed by atoms with Gasteiger partial charge in [-0.1, -0.05) is 25.0 Å². The molecule has 2 amide bonds. The fraction of sp³-hybridized carbons (Fsp3) is 0.333. The first-order valence-electron chi connectivity index (χ1n) is 9.85. The molecule has 4 rings (SSSR count). The van der Waals surface area contributed by atoms with Gasteiger partial charge in [-0.15, -0.1) is 0 Å². The minimum atomic E-state index is -0.217. The topological polar surface area (TPSA) is 93.8 Å². The summed E-state index contributed by atoms with van der Waals surface area (Å²) in [5.41, 5.74) is 2.18. The van der Waals surface area contributed by atoms with Crippen molar-refractivity contribution in [2.45, 2.75) is 44.8 Å². The molecule has 0 atom stereocenters. The summed E-state index contributed by atoms with van der Waals surface area (Å²) in [6, 6.07) is 9.55. The minimum absolute atomic E-state index is 0.0503. The molecule has 2 N–H and O–H groups in total. The lowest BCUT2D eigenvalue weighted by Gasteiger charge is -2.11. The molecular formula is C21H24N6O2. The van der Waals surface area contributed by atoms with Gasteiger partial charge in [0.05, 0.1) is 18.4 Å². The van der Waals surface area contributed by atoms with Gasteiger partial charge in [0.1, 0.15) is 6.54 Å². The highest BCUT2D eigenvalue weighted by Gasteiger charge is 2.17. The third-order valence-electron chi connectivity index (χ3n) is 5.04. The average molecular weight is 392 g/mol. The second-order valence-electron chi connectivity index (χ2n) is 7.33. The largest absolute Gasteiger partial charge is 0.352 e. The summed E-state index contributed by atoms with van der Waals surface area (Å²) in [5.74, 6) is -0.267. The van der Waals surface area contributed by atoms with Gasteiger partial charge in [0, 0.05) is 30.2 Å². The van der Waals surface area contributed by atoms with Crippen LogP contribution in [-0.2, 0) is 17.9 Å². The molecule has 1 aliphatic carbocycles. The molecule has 29 heavy (non-hydrogen) atoms. The molecule has 8 heteroatoms. The molecule has 1 fully saturated rings. The third-order valence-corrected chi connectivity index (χ3v) is 5.04. The van der Waals surface area contributed by atoms with Crippen LogP contribution in [-0.4, -0.2) is 37.4 Å². The Labute approximate surface area is 168 Å². The highest BCUT2D eigenvalue weighted by atomic mass is 16.2. The maximum Gasteiger partial charge on any atom is 0.255 e. The van der Waals surface area contributed by atoms with Gasteiger partial charge in [-0.25, -0.2) is 0 Å². The van der Waals surface area contributed by atoms with E-state index in [0.717, 1.165) is 18.4 Å². The Hall–Kier alpha value is -3.42. The van der Waals surface area contributed by atoms with Crippen molar-refractivity contribution in [3.8, 4) is 0 Å². The number of aromatic nitrogens is 4. The van der Waals surface area contributed by atoms with Crippen molar-refractivity contribution in [2.75, 3.05) is 5.32 Å². The van der Waals surface area contributed by atoms with E-state index in [2.05, 4.69) is 20.8 Å². The highest BCUT2D eigenvalue weighted by molar-refractivity contribution is 6.04. The average Bonchev–Trinajstić information content (AvgIpc) is 3.47. The Morgan fingerprint density at radius 3 is 2.59 bits per heavy atom. The Balaban J connectivity index is 1.29. The molecule has 8 nitrogen and oxygen atoms in total. The monoisotopic (exact) mass is 392 g/mol. The summed E-state index contributed by atoms with van der Waals surface area (Å²) >= 11 is 0. The molecule has 0 saturated heterocycles. The Morgan fingerprint density at radius 1 is 1.07 bits per heavy atom. The van der Waals surface area contributed by atoms with Crippen LogP contribution in [0.3, 0.4) is 0 Å². The van der Waals surface area contributed by atoms with Gasteiger partial charge in [-0.05, 0) is 36.6 Å². The zero-order chi connectivity index (χ0) is 20.1. The highest BCUT2D eigenvalue weighted by Crippen LogP contribution is 2.17. The Kier molecular flexibility index (Phi) is 5.69. The molecule has 1 aliphatic rings. The number of amides is 2. The standard InChI is InChI=1S/C21H24N6O2/c28-20(24-18-4-1-2-5-18)15-27-14-19(12-23-27)25-21(29)17-8-6-16(7-9-17)13-26-11-3-10-22-26/h3,6-12,14,18H,1-2,4-5,13,15H2,(H,24,28)(H,25,29). The number of rotatable bonds is 7. The predicted octanol–water partition coefficient (Wildman–Crippen LogP) is 2.44. The van der Waals surface area contributed by atoms with Crippen LogP contribution < -0.4 is 10.6 Å². The number of carbonyl (C=O) groups excluding carboxylic acids is 2. The van der Waals surface area contributed by atoms with Crippen LogP contribution in [0.5, 0.6) is 0 Å². The Morgan fingerprint density at radius 2 is 1.86 bits per heavy atom. The van der Waals surface area contributed by atoms with Crippen LogP contribution in [0.1, 0.15) is 41.6 Å². The maximum atomic E-state index is 12.5. The lowest BCUT2D eigenvalue weighted by atomic mass is 10.1. The summed E-state index contributed by atoms with van der Waals surface area (Å²) < 4.78 is 3.36. The van der Waals surface area contributed by atoms with E-state index in [1.165, 1.54) is 17.5 Å². The first-order chi connectivity index (χ1) is 14.2. The predicted molar refractivity (Wildman–Crippen MR) is 108 cm³/mol. The van der Waals surface area contributed by atoms with E-state index in [9.17, 15) is 9.59 Å². The summed E-state index contributed by atoms with van der Waals surface area (Å²) in [6.07, 6.45) is 11.3. The number of carbonyl (C=O) groups is 2. The van der Waals surface area contributed by atoms with E-state index >= 15 is 0 Å². The van der Waals surface area contributed by atoms with Crippen molar-refractivity contribution in [1.82, 2.24) is 24.9 Å². The zero-order valence-corrected chi connectivity index (χ0v) is 16.1. The van der Waals surface area contributed by atoms with Crippen LogP contribution in [0.25, 0.3) is 0 Å². The molecule has 0 unspecified atom stereocenters. The molecule has 150 valence electrons. The number of hydrogen-bond donors (Lipinski definition) is 2. The van der Waals surface area contributed by atoms with Crippen molar-refractivity contribution in [1.29, 1.82) is 0 Å². The molecule has 1 saturated carbocycles. The van der Waals surface area contributed by atoms with E-state index < -0.39 is 0 Å². The molecule has 0 spiro atoms.